The Hall–Kier alpha value is -2.79. The predicted molar refractivity (Wildman–Crippen MR) is 84.5 cm³/mol. The molecule has 106 valence electrons. The van der Waals surface area contributed by atoms with Gasteiger partial charge in [-0.25, -0.2) is 4.98 Å². The molecule has 3 aromatic heterocycles. The minimum Gasteiger partial charge on any atom is -0.265 e. The number of aromatic nitrogens is 5. The van der Waals surface area contributed by atoms with Crippen LogP contribution in [0.4, 0.5) is 0 Å². The van der Waals surface area contributed by atoms with Crippen LogP contribution in [0.5, 0.6) is 0 Å². The minimum absolute atomic E-state index is 0.532. The van der Waals surface area contributed by atoms with Gasteiger partial charge in [0.2, 0.25) is 0 Å². The van der Waals surface area contributed by atoms with Crippen molar-refractivity contribution in [2.24, 2.45) is 0 Å². The van der Waals surface area contributed by atoms with Gasteiger partial charge in [-0.05, 0) is 24.3 Å². The Morgan fingerprint density at radius 2 is 1.73 bits per heavy atom. The summed E-state index contributed by atoms with van der Waals surface area (Å²) in [4.78, 5) is 12.7. The quantitative estimate of drug-likeness (QED) is 0.568. The third kappa shape index (κ3) is 2.12. The Morgan fingerprint density at radius 1 is 0.909 bits per heavy atom. The molecule has 0 aliphatic heterocycles. The Bertz CT molecular complexity index is 949. The number of nitrogens with zero attached hydrogens (tertiary/aromatic N) is 5. The van der Waals surface area contributed by atoms with Gasteiger partial charge in [-0.15, -0.1) is 5.10 Å². The van der Waals surface area contributed by atoms with Gasteiger partial charge in [0.05, 0.1) is 5.69 Å². The number of fused-ring (bicyclic) bond motifs is 1. The van der Waals surface area contributed by atoms with E-state index in [0.717, 1.165) is 16.8 Å². The highest BCUT2D eigenvalue weighted by molar-refractivity contribution is 6.33. The van der Waals surface area contributed by atoms with E-state index in [9.17, 15) is 0 Å². The van der Waals surface area contributed by atoms with E-state index in [1.54, 1.807) is 23.1 Å². The second kappa shape index (κ2) is 5.20. The average Bonchev–Trinajstić information content (AvgIpc) is 3.00. The van der Waals surface area contributed by atoms with E-state index in [1.165, 1.54) is 0 Å². The molecule has 3 heterocycles. The van der Waals surface area contributed by atoms with Gasteiger partial charge >= 0.3 is 0 Å². The molecule has 22 heavy (non-hydrogen) atoms. The van der Waals surface area contributed by atoms with E-state index in [-0.39, 0.29) is 0 Å². The number of benzene rings is 1. The molecule has 0 saturated carbocycles. The van der Waals surface area contributed by atoms with E-state index >= 15 is 0 Å². The lowest BCUT2D eigenvalue weighted by Gasteiger charge is -2.05. The summed E-state index contributed by atoms with van der Waals surface area (Å²) in [6.07, 6.45) is 5.13. The highest BCUT2D eigenvalue weighted by Gasteiger charge is 2.12. The number of rotatable bonds is 2. The highest BCUT2D eigenvalue weighted by atomic mass is 35.5. The number of hydrogen-bond acceptors (Lipinski definition) is 4. The smallest absolute Gasteiger partial charge is 0.253 e. The zero-order chi connectivity index (χ0) is 14.9. The third-order valence-electron chi connectivity index (χ3n) is 3.33. The van der Waals surface area contributed by atoms with Crippen molar-refractivity contribution >= 4 is 17.4 Å². The molecule has 6 heteroatoms. The molecular formula is C16H10ClN5. The molecule has 0 amide bonds. The maximum Gasteiger partial charge on any atom is 0.253 e. The van der Waals surface area contributed by atoms with Crippen LogP contribution in [0.3, 0.4) is 0 Å². The van der Waals surface area contributed by atoms with Crippen molar-refractivity contribution in [3.8, 4) is 22.6 Å². The van der Waals surface area contributed by atoms with E-state index in [4.69, 9.17) is 11.6 Å². The summed E-state index contributed by atoms with van der Waals surface area (Å²) in [6.45, 7) is 0. The molecule has 0 aliphatic carbocycles. The van der Waals surface area contributed by atoms with Crippen LogP contribution < -0.4 is 0 Å². The van der Waals surface area contributed by atoms with E-state index in [2.05, 4.69) is 20.1 Å². The minimum atomic E-state index is 0.532. The number of halogens is 1. The monoisotopic (exact) mass is 307 g/mol. The van der Waals surface area contributed by atoms with Crippen LogP contribution in [0.15, 0.2) is 61.1 Å². The first kappa shape index (κ1) is 12.9. The molecule has 1 aromatic carbocycles. The molecular weight excluding hydrogens is 298 g/mol. The van der Waals surface area contributed by atoms with Gasteiger partial charge in [-0.2, -0.15) is 9.50 Å². The van der Waals surface area contributed by atoms with Crippen molar-refractivity contribution in [3.63, 3.8) is 0 Å². The molecule has 0 spiro atoms. The fourth-order valence-corrected chi connectivity index (χ4v) is 2.52. The molecule has 0 saturated heterocycles. The topological polar surface area (TPSA) is 56.0 Å². The van der Waals surface area contributed by atoms with Gasteiger partial charge in [0.15, 0.2) is 5.82 Å². The van der Waals surface area contributed by atoms with E-state index in [1.807, 2.05) is 42.5 Å². The Morgan fingerprint density at radius 3 is 2.55 bits per heavy atom. The van der Waals surface area contributed by atoms with Crippen LogP contribution in [0, 0.1) is 0 Å². The van der Waals surface area contributed by atoms with Gasteiger partial charge in [0.25, 0.3) is 5.78 Å². The normalized spacial score (nSPS) is 11.0. The van der Waals surface area contributed by atoms with Gasteiger partial charge < -0.3 is 0 Å². The second-order valence-electron chi connectivity index (χ2n) is 4.69. The Kier molecular flexibility index (Phi) is 3.05. The fourth-order valence-electron chi connectivity index (χ4n) is 2.29. The fraction of sp³-hybridized carbons (Fsp3) is 0. The van der Waals surface area contributed by atoms with Crippen molar-refractivity contribution in [1.82, 2.24) is 24.6 Å². The summed E-state index contributed by atoms with van der Waals surface area (Å²) in [5.74, 6) is 1.14. The molecule has 0 radical (unpaired) electrons. The molecule has 0 unspecified atom stereocenters. The average molecular weight is 308 g/mol. The maximum atomic E-state index is 6.29. The van der Waals surface area contributed by atoms with Crippen LogP contribution in [-0.4, -0.2) is 24.6 Å². The van der Waals surface area contributed by atoms with Crippen LogP contribution in [0.2, 0.25) is 5.02 Å². The first-order valence-corrected chi connectivity index (χ1v) is 7.08. The summed E-state index contributed by atoms with van der Waals surface area (Å²) in [5.41, 5.74) is 2.64. The molecule has 0 bridgehead atoms. The van der Waals surface area contributed by atoms with Gasteiger partial charge in [0, 0.05) is 34.7 Å². The summed E-state index contributed by atoms with van der Waals surface area (Å²) in [6, 6.07) is 13.2. The number of hydrogen-bond donors (Lipinski definition) is 0. The lowest BCUT2D eigenvalue weighted by atomic mass is 10.1. The summed E-state index contributed by atoms with van der Waals surface area (Å²) in [5, 5.41) is 5.22. The van der Waals surface area contributed by atoms with Gasteiger partial charge in [-0.3, -0.25) is 4.98 Å². The van der Waals surface area contributed by atoms with Crippen LogP contribution in [0.1, 0.15) is 0 Å². The van der Waals surface area contributed by atoms with E-state index < -0.39 is 0 Å². The van der Waals surface area contributed by atoms with Gasteiger partial charge in [-0.1, -0.05) is 29.8 Å². The summed E-state index contributed by atoms with van der Waals surface area (Å²) >= 11 is 6.29. The first-order valence-electron chi connectivity index (χ1n) is 6.70. The van der Waals surface area contributed by atoms with Crippen molar-refractivity contribution in [2.45, 2.75) is 0 Å². The number of pyridine rings is 1. The Balaban J connectivity index is 1.95. The molecule has 4 aromatic rings. The molecule has 4 rings (SSSR count). The van der Waals surface area contributed by atoms with Crippen LogP contribution >= 0.6 is 11.6 Å². The van der Waals surface area contributed by atoms with E-state index in [0.29, 0.717) is 16.6 Å². The van der Waals surface area contributed by atoms with Crippen molar-refractivity contribution in [2.75, 3.05) is 0 Å². The summed E-state index contributed by atoms with van der Waals surface area (Å²) < 4.78 is 1.71. The standard InChI is InChI=1S/C16H10ClN5/c17-13-4-2-1-3-12(13)14-7-10-19-16-20-15(21-22(14)16)11-5-8-18-9-6-11/h1-10H. The molecule has 0 atom stereocenters. The molecule has 0 aliphatic rings. The summed E-state index contributed by atoms with van der Waals surface area (Å²) in [7, 11) is 0. The molecule has 0 N–H and O–H groups in total. The zero-order valence-corrected chi connectivity index (χ0v) is 12.1. The van der Waals surface area contributed by atoms with Crippen molar-refractivity contribution in [1.29, 1.82) is 0 Å². The van der Waals surface area contributed by atoms with Crippen molar-refractivity contribution in [3.05, 3.63) is 66.1 Å². The first-order chi connectivity index (χ1) is 10.8. The second-order valence-corrected chi connectivity index (χ2v) is 5.10. The highest BCUT2D eigenvalue weighted by Crippen LogP contribution is 2.27. The van der Waals surface area contributed by atoms with Crippen molar-refractivity contribution < 1.29 is 0 Å². The molecule has 0 fully saturated rings. The lowest BCUT2D eigenvalue weighted by molar-refractivity contribution is 0.951. The van der Waals surface area contributed by atoms with Crippen LogP contribution in [0.25, 0.3) is 28.4 Å². The Labute approximate surface area is 131 Å². The maximum absolute atomic E-state index is 6.29. The zero-order valence-electron chi connectivity index (χ0n) is 11.4. The lowest BCUT2D eigenvalue weighted by Crippen LogP contribution is -1.96. The SMILES string of the molecule is Clc1ccccc1-c1ccnc2nc(-c3ccncc3)nn12. The van der Waals surface area contributed by atoms with Crippen LogP contribution in [-0.2, 0) is 0 Å². The predicted octanol–water partition coefficient (Wildman–Crippen LogP) is 3.51. The largest absolute Gasteiger partial charge is 0.265 e. The third-order valence-corrected chi connectivity index (χ3v) is 3.66. The molecule has 5 nitrogen and oxygen atoms in total. The van der Waals surface area contributed by atoms with Gasteiger partial charge in [0.1, 0.15) is 0 Å².